The van der Waals surface area contributed by atoms with Crippen molar-refractivity contribution in [1.82, 2.24) is 14.4 Å². The van der Waals surface area contributed by atoms with Crippen LogP contribution in [-0.2, 0) is 19.5 Å². The lowest BCUT2D eigenvalue weighted by molar-refractivity contribution is -0.179. The van der Waals surface area contributed by atoms with Crippen LogP contribution in [0.3, 0.4) is 0 Å². The zero-order valence-electron chi connectivity index (χ0n) is 17.2. The van der Waals surface area contributed by atoms with Crippen molar-refractivity contribution in [3.05, 3.63) is 54.1 Å². The van der Waals surface area contributed by atoms with Crippen LogP contribution in [0.25, 0.3) is 22.8 Å². The fourth-order valence-corrected chi connectivity index (χ4v) is 5.44. The van der Waals surface area contributed by atoms with Crippen LogP contribution in [0.15, 0.2) is 57.9 Å². The molecule has 0 saturated carbocycles. The Kier molecular flexibility index (Phi) is 5.13. The van der Waals surface area contributed by atoms with E-state index in [1.165, 1.54) is 4.31 Å². The third-order valence-corrected chi connectivity index (χ3v) is 7.65. The molecule has 0 bridgehead atoms. The Morgan fingerprint density at radius 1 is 0.968 bits per heavy atom. The van der Waals surface area contributed by atoms with Crippen molar-refractivity contribution in [3.8, 4) is 22.8 Å². The summed E-state index contributed by atoms with van der Waals surface area (Å²) in [6.07, 6.45) is 1.05. The van der Waals surface area contributed by atoms with E-state index in [1.54, 1.807) is 24.3 Å². The third-order valence-electron chi connectivity index (χ3n) is 5.75. The van der Waals surface area contributed by atoms with Gasteiger partial charge < -0.3 is 14.0 Å². The van der Waals surface area contributed by atoms with E-state index in [9.17, 15) is 8.42 Å². The van der Waals surface area contributed by atoms with E-state index in [0.29, 0.717) is 50.5 Å². The van der Waals surface area contributed by atoms with Crippen molar-refractivity contribution in [1.29, 1.82) is 0 Å². The Bertz CT molecular complexity index is 1170. The second-order valence-electron chi connectivity index (χ2n) is 7.83. The van der Waals surface area contributed by atoms with Gasteiger partial charge in [0, 0.05) is 37.1 Å². The largest absolute Gasteiger partial charge is 0.347 e. The SMILES string of the molecule is Cc1ccc(-c2noc(-c3cccc(S(=O)(=O)N4CCC5(CC4)OCCO5)c3)n2)cc1. The Balaban J connectivity index is 1.37. The number of aromatic nitrogens is 2. The van der Waals surface area contributed by atoms with Crippen molar-refractivity contribution in [2.45, 2.75) is 30.4 Å². The van der Waals surface area contributed by atoms with Gasteiger partial charge in [-0.25, -0.2) is 8.42 Å². The Morgan fingerprint density at radius 2 is 1.68 bits per heavy atom. The molecule has 9 heteroatoms. The number of hydrogen-bond acceptors (Lipinski definition) is 7. The molecule has 3 aromatic rings. The van der Waals surface area contributed by atoms with Gasteiger partial charge in [-0.15, -0.1) is 0 Å². The molecule has 31 heavy (non-hydrogen) atoms. The van der Waals surface area contributed by atoms with Crippen molar-refractivity contribution < 1.29 is 22.4 Å². The first-order valence-corrected chi connectivity index (χ1v) is 11.7. The van der Waals surface area contributed by atoms with Gasteiger partial charge in [0.1, 0.15) is 0 Å². The number of hydrogen-bond donors (Lipinski definition) is 0. The summed E-state index contributed by atoms with van der Waals surface area (Å²) in [6.45, 7) is 3.83. The van der Waals surface area contributed by atoms with E-state index in [2.05, 4.69) is 10.1 Å². The molecule has 2 saturated heterocycles. The van der Waals surface area contributed by atoms with Gasteiger partial charge in [-0.2, -0.15) is 9.29 Å². The Labute approximate surface area is 180 Å². The fourth-order valence-electron chi connectivity index (χ4n) is 3.95. The number of sulfonamides is 1. The second kappa shape index (κ2) is 7.83. The number of ether oxygens (including phenoxy) is 2. The van der Waals surface area contributed by atoms with Gasteiger partial charge >= 0.3 is 0 Å². The zero-order chi connectivity index (χ0) is 21.5. The van der Waals surface area contributed by atoms with Crippen LogP contribution in [0.1, 0.15) is 18.4 Å². The van der Waals surface area contributed by atoms with Crippen LogP contribution in [0.4, 0.5) is 0 Å². The van der Waals surface area contributed by atoms with Gasteiger partial charge in [0.15, 0.2) is 5.79 Å². The maximum atomic E-state index is 13.2. The first kappa shape index (κ1) is 20.3. The molecular weight excluding hydrogens is 418 g/mol. The molecule has 3 heterocycles. The molecule has 5 rings (SSSR count). The lowest BCUT2D eigenvalue weighted by atomic mass is 10.1. The highest BCUT2D eigenvalue weighted by Crippen LogP contribution is 2.34. The van der Waals surface area contributed by atoms with Crippen molar-refractivity contribution in [2.24, 2.45) is 0 Å². The van der Waals surface area contributed by atoms with Gasteiger partial charge in [0.2, 0.25) is 15.8 Å². The number of benzene rings is 2. The minimum Gasteiger partial charge on any atom is -0.347 e. The topological polar surface area (TPSA) is 94.8 Å². The molecule has 162 valence electrons. The highest BCUT2D eigenvalue weighted by atomic mass is 32.2. The van der Waals surface area contributed by atoms with Crippen molar-refractivity contribution in [3.63, 3.8) is 0 Å². The van der Waals surface area contributed by atoms with E-state index in [1.807, 2.05) is 31.2 Å². The van der Waals surface area contributed by atoms with Crippen molar-refractivity contribution >= 4 is 10.0 Å². The summed E-state index contributed by atoms with van der Waals surface area (Å²) in [5.74, 6) is 0.114. The van der Waals surface area contributed by atoms with E-state index in [-0.39, 0.29) is 10.8 Å². The molecule has 0 aliphatic carbocycles. The van der Waals surface area contributed by atoms with Gasteiger partial charge in [0.25, 0.3) is 5.89 Å². The van der Waals surface area contributed by atoms with Crippen LogP contribution in [-0.4, -0.2) is 55.0 Å². The minimum atomic E-state index is -3.66. The monoisotopic (exact) mass is 441 g/mol. The normalized spacial score (nSPS) is 19.1. The number of aryl methyl sites for hydroxylation is 1. The van der Waals surface area contributed by atoms with Crippen LogP contribution in [0.2, 0.25) is 0 Å². The molecule has 2 aliphatic heterocycles. The average molecular weight is 442 g/mol. The first-order chi connectivity index (χ1) is 15.0. The summed E-state index contributed by atoms with van der Waals surface area (Å²) in [5, 5.41) is 4.04. The van der Waals surface area contributed by atoms with Crippen molar-refractivity contribution in [2.75, 3.05) is 26.3 Å². The minimum absolute atomic E-state index is 0.198. The molecule has 0 amide bonds. The van der Waals surface area contributed by atoms with Crippen LogP contribution in [0.5, 0.6) is 0 Å². The molecular formula is C22H23N3O5S. The Morgan fingerprint density at radius 3 is 2.39 bits per heavy atom. The molecule has 8 nitrogen and oxygen atoms in total. The van der Waals surface area contributed by atoms with Crippen LogP contribution in [0, 0.1) is 6.92 Å². The fraction of sp³-hybridized carbons (Fsp3) is 0.364. The van der Waals surface area contributed by atoms with E-state index in [4.69, 9.17) is 14.0 Å². The Hall–Kier alpha value is -2.59. The summed E-state index contributed by atoms with van der Waals surface area (Å²) in [7, 11) is -3.66. The molecule has 0 atom stereocenters. The number of nitrogens with zero attached hydrogens (tertiary/aromatic N) is 3. The third kappa shape index (κ3) is 3.89. The maximum absolute atomic E-state index is 13.2. The summed E-state index contributed by atoms with van der Waals surface area (Å²) >= 11 is 0. The highest BCUT2D eigenvalue weighted by Gasteiger charge is 2.42. The molecule has 0 radical (unpaired) electrons. The number of rotatable bonds is 4. The van der Waals surface area contributed by atoms with E-state index in [0.717, 1.165) is 11.1 Å². The standard InChI is InChI=1S/C22H23N3O5S/c1-16-5-7-17(8-6-16)20-23-21(30-24-20)18-3-2-4-19(15-18)31(26,27)25-11-9-22(10-12-25)28-13-14-29-22/h2-8,15H,9-14H2,1H3. The summed E-state index contributed by atoms with van der Waals surface area (Å²) in [4.78, 5) is 4.64. The lowest BCUT2D eigenvalue weighted by Crippen LogP contribution is -2.47. The van der Waals surface area contributed by atoms with Gasteiger partial charge in [0.05, 0.1) is 18.1 Å². The highest BCUT2D eigenvalue weighted by molar-refractivity contribution is 7.89. The predicted molar refractivity (Wildman–Crippen MR) is 113 cm³/mol. The van der Waals surface area contributed by atoms with Gasteiger partial charge in [-0.1, -0.05) is 41.1 Å². The average Bonchev–Trinajstić information content (AvgIpc) is 3.45. The first-order valence-electron chi connectivity index (χ1n) is 10.2. The number of piperidine rings is 1. The summed E-state index contributed by atoms with van der Waals surface area (Å²) in [6, 6.07) is 14.4. The molecule has 2 fully saturated rings. The van der Waals surface area contributed by atoms with Crippen LogP contribution >= 0.6 is 0 Å². The molecule has 1 aromatic heterocycles. The maximum Gasteiger partial charge on any atom is 0.258 e. The quantitative estimate of drug-likeness (QED) is 0.613. The second-order valence-corrected chi connectivity index (χ2v) is 9.77. The summed E-state index contributed by atoms with van der Waals surface area (Å²) in [5.41, 5.74) is 2.53. The zero-order valence-corrected chi connectivity index (χ0v) is 18.0. The van der Waals surface area contributed by atoms with E-state index >= 15 is 0 Å². The lowest BCUT2D eigenvalue weighted by Gasteiger charge is -2.36. The molecule has 2 aliphatic rings. The molecule has 2 aromatic carbocycles. The predicted octanol–water partition coefficient (Wildman–Crippen LogP) is 3.24. The molecule has 0 N–H and O–H groups in total. The molecule has 0 unspecified atom stereocenters. The summed E-state index contributed by atoms with van der Waals surface area (Å²) < 4.78 is 44.7. The van der Waals surface area contributed by atoms with Gasteiger partial charge in [-0.05, 0) is 25.1 Å². The van der Waals surface area contributed by atoms with Crippen LogP contribution < -0.4 is 0 Å². The van der Waals surface area contributed by atoms with Gasteiger partial charge in [-0.3, -0.25) is 0 Å². The smallest absolute Gasteiger partial charge is 0.258 e. The van der Waals surface area contributed by atoms with E-state index < -0.39 is 15.8 Å². The molecule has 1 spiro atoms.